The molecule has 0 aromatic heterocycles. The quantitative estimate of drug-likeness (QED) is 0.895. The van der Waals surface area contributed by atoms with Gasteiger partial charge < -0.3 is 10.2 Å². The minimum atomic E-state index is -0.101. The van der Waals surface area contributed by atoms with Crippen LogP contribution >= 0.6 is 11.8 Å². The largest absolute Gasteiger partial charge is 0.352 e. The maximum atomic E-state index is 12.7. The minimum Gasteiger partial charge on any atom is -0.352 e. The molecule has 2 aromatic carbocycles. The third kappa shape index (κ3) is 3.71. The van der Waals surface area contributed by atoms with Gasteiger partial charge in [-0.3, -0.25) is 9.59 Å². The third-order valence-corrected chi connectivity index (χ3v) is 5.37. The first-order valence-electron chi connectivity index (χ1n) is 8.44. The Kier molecular flexibility index (Phi) is 5.13. The molecule has 1 aliphatic rings. The lowest BCUT2D eigenvalue weighted by atomic mass is 10.1. The molecule has 2 aromatic rings. The first-order valence-corrected chi connectivity index (χ1v) is 9.26. The molecule has 0 saturated carbocycles. The minimum absolute atomic E-state index is 0.0563. The molecule has 0 spiro atoms. The summed E-state index contributed by atoms with van der Waals surface area (Å²) in [4.78, 5) is 28.7. The number of carbonyl (C=O) groups is 2. The number of nitrogens with zero attached hydrogens (tertiary/aromatic N) is 1. The zero-order valence-corrected chi connectivity index (χ0v) is 15.5. The molecule has 1 heterocycles. The molecule has 130 valence electrons. The van der Waals surface area contributed by atoms with Gasteiger partial charge in [-0.15, -0.1) is 0 Å². The highest BCUT2D eigenvalue weighted by molar-refractivity contribution is 7.99. The number of rotatable bonds is 4. The third-order valence-electron chi connectivity index (χ3n) is 4.23. The van der Waals surface area contributed by atoms with Crippen LogP contribution in [-0.4, -0.2) is 25.4 Å². The van der Waals surface area contributed by atoms with Crippen molar-refractivity contribution in [3.63, 3.8) is 0 Å². The van der Waals surface area contributed by atoms with Gasteiger partial charge in [0.25, 0.3) is 11.8 Å². The molecule has 0 bridgehead atoms. The monoisotopic (exact) mass is 354 g/mol. The van der Waals surface area contributed by atoms with Crippen molar-refractivity contribution >= 4 is 29.3 Å². The smallest absolute Gasteiger partial charge is 0.259 e. The molecule has 0 fully saturated rings. The van der Waals surface area contributed by atoms with Crippen molar-refractivity contribution in [2.24, 2.45) is 5.92 Å². The molecule has 2 amide bonds. The second kappa shape index (κ2) is 7.31. The van der Waals surface area contributed by atoms with Crippen molar-refractivity contribution in [1.29, 1.82) is 0 Å². The normalized spacial score (nSPS) is 13.3. The highest BCUT2D eigenvalue weighted by Gasteiger charge is 2.25. The van der Waals surface area contributed by atoms with Crippen LogP contribution in [0.15, 0.2) is 52.3 Å². The van der Waals surface area contributed by atoms with Gasteiger partial charge in [-0.25, -0.2) is 0 Å². The highest BCUT2D eigenvalue weighted by atomic mass is 32.2. The Hall–Kier alpha value is -2.27. The van der Waals surface area contributed by atoms with E-state index in [1.54, 1.807) is 29.8 Å². The summed E-state index contributed by atoms with van der Waals surface area (Å²) in [5.41, 5.74) is 2.03. The number of hydrogen-bond acceptors (Lipinski definition) is 3. The second-order valence-corrected chi connectivity index (χ2v) is 7.67. The lowest BCUT2D eigenvalue weighted by molar-refractivity contribution is 0.0949. The molecule has 0 atom stereocenters. The summed E-state index contributed by atoms with van der Waals surface area (Å²) >= 11 is 1.56. The van der Waals surface area contributed by atoms with Crippen LogP contribution in [0.4, 0.5) is 5.69 Å². The van der Waals surface area contributed by atoms with E-state index in [9.17, 15) is 9.59 Å². The van der Waals surface area contributed by atoms with E-state index in [0.717, 1.165) is 21.9 Å². The summed E-state index contributed by atoms with van der Waals surface area (Å²) < 4.78 is 0. The van der Waals surface area contributed by atoms with Crippen LogP contribution in [0.25, 0.3) is 0 Å². The van der Waals surface area contributed by atoms with Gasteiger partial charge in [0.2, 0.25) is 0 Å². The van der Waals surface area contributed by atoms with Crippen LogP contribution in [0.5, 0.6) is 0 Å². The van der Waals surface area contributed by atoms with Crippen molar-refractivity contribution in [3.05, 3.63) is 53.6 Å². The molecular weight excluding hydrogens is 332 g/mol. The summed E-state index contributed by atoms with van der Waals surface area (Å²) in [6.07, 6.45) is 0.945. The molecule has 3 rings (SSSR count). The zero-order chi connectivity index (χ0) is 18.0. The molecule has 0 radical (unpaired) electrons. The maximum Gasteiger partial charge on any atom is 0.259 e. The molecule has 0 aliphatic carbocycles. The number of benzene rings is 2. The van der Waals surface area contributed by atoms with Crippen molar-refractivity contribution < 1.29 is 9.59 Å². The van der Waals surface area contributed by atoms with Crippen LogP contribution < -0.4 is 10.2 Å². The Bertz CT molecular complexity index is 817. The van der Waals surface area contributed by atoms with Gasteiger partial charge >= 0.3 is 0 Å². The van der Waals surface area contributed by atoms with Crippen LogP contribution in [0.2, 0.25) is 0 Å². The van der Waals surface area contributed by atoms with E-state index in [0.29, 0.717) is 23.6 Å². The van der Waals surface area contributed by atoms with Gasteiger partial charge in [0.05, 0.1) is 11.3 Å². The van der Waals surface area contributed by atoms with Gasteiger partial charge in [-0.2, -0.15) is 0 Å². The number of fused-ring (bicyclic) bond motifs is 2. The van der Waals surface area contributed by atoms with Gasteiger partial charge in [-0.1, -0.05) is 37.7 Å². The van der Waals surface area contributed by atoms with E-state index >= 15 is 0 Å². The summed E-state index contributed by atoms with van der Waals surface area (Å²) in [5, 5.41) is 2.95. The summed E-state index contributed by atoms with van der Waals surface area (Å²) in [6, 6.07) is 13.1. The molecule has 5 heteroatoms. The van der Waals surface area contributed by atoms with E-state index in [-0.39, 0.29) is 11.8 Å². The van der Waals surface area contributed by atoms with E-state index in [2.05, 4.69) is 19.2 Å². The average Bonchev–Trinajstić information content (AvgIpc) is 2.70. The number of hydrogen-bond donors (Lipinski definition) is 1. The Morgan fingerprint density at radius 1 is 1.16 bits per heavy atom. The summed E-state index contributed by atoms with van der Waals surface area (Å²) in [7, 11) is 1.75. The van der Waals surface area contributed by atoms with E-state index in [1.807, 2.05) is 36.4 Å². The predicted octanol–water partition coefficient (Wildman–Crippen LogP) is 4.20. The number of carbonyl (C=O) groups excluding carboxylic acids is 2. The Labute approximate surface area is 152 Å². The SMILES string of the molecule is CC(C)CCNC(=O)c1ccc2c(c1)N(C)C(=O)c1ccccc1S2. The highest BCUT2D eigenvalue weighted by Crippen LogP contribution is 2.41. The van der Waals surface area contributed by atoms with E-state index in [4.69, 9.17) is 0 Å². The van der Waals surface area contributed by atoms with Crippen molar-refractivity contribution in [2.75, 3.05) is 18.5 Å². The molecule has 25 heavy (non-hydrogen) atoms. The van der Waals surface area contributed by atoms with Crippen LogP contribution in [0.3, 0.4) is 0 Å². The number of amides is 2. The Balaban J connectivity index is 1.88. The first kappa shape index (κ1) is 17.5. The van der Waals surface area contributed by atoms with Crippen LogP contribution in [-0.2, 0) is 0 Å². The Morgan fingerprint density at radius 3 is 2.68 bits per heavy atom. The molecule has 1 N–H and O–H groups in total. The fraction of sp³-hybridized carbons (Fsp3) is 0.300. The molecular formula is C20H22N2O2S. The summed E-state index contributed by atoms with van der Waals surface area (Å²) in [5.74, 6) is 0.390. The lowest BCUT2D eigenvalue weighted by Crippen LogP contribution is -2.28. The van der Waals surface area contributed by atoms with Gasteiger partial charge in [-0.05, 0) is 42.7 Å². The Morgan fingerprint density at radius 2 is 1.92 bits per heavy atom. The van der Waals surface area contributed by atoms with E-state index < -0.39 is 0 Å². The second-order valence-electron chi connectivity index (χ2n) is 6.58. The average molecular weight is 354 g/mol. The number of anilines is 1. The fourth-order valence-corrected chi connectivity index (χ4v) is 3.81. The van der Waals surface area contributed by atoms with Gasteiger partial charge in [0.15, 0.2) is 0 Å². The standard InChI is InChI=1S/C20H22N2O2S/c1-13(2)10-11-21-19(23)14-8-9-18-16(12-14)22(3)20(24)15-6-4-5-7-17(15)25-18/h4-9,12-13H,10-11H2,1-3H3,(H,21,23). The molecule has 0 saturated heterocycles. The van der Waals surface area contributed by atoms with Crippen molar-refractivity contribution in [1.82, 2.24) is 5.32 Å². The summed E-state index contributed by atoms with van der Waals surface area (Å²) in [6.45, 7) is 4.91. The van der Waals surface area contributed by atoms with Crippen molar-refractivity contribution in [2.45, 2.75) is 30.1 Å². The van der Waals surface area contributed by atoms with Crippen LogP contribution in [0.1, 0.15) is 41.0 Å². The molecule has 4 nitrogen and oxygen atoms in total. The molecule has 0 unspecified atom stereocenters. The first-order chi connectivity index (χ1) is 12.0. The van der Waals surface area contributed by atoms with Crippen LogP contribution in [0, 0.1) is 5.92 Å². The predicted molar refractivity (Wildman–Crippen MR) is 102 cm³/mol. The van der Waals surface area contributed by atoms with Gasteiger partial charge in [0.1, 0.15) is 0 Å². The number of nitrogens with one attached hydrogen (secondary N) is 1. The van der Waals surface area contributed by atoms with Crippen molar-refractivity contribution in [3.8, 4) is 0 Å². The zero-order valence-electron chi connectivity index (χ0n) is 14.7. The van der Waals surface area contributed by atoms with Gasteiger partial charge in [0, 0.05) is 28.9 Å². The fourth-order valence-electron chi connectivity index (χ4n) is 2.72. The maximum absolute atomic E-state index is 12.7. The molecule has 1 aliphatic heterocycles. The lowest BCUT2D eigenvalue weighted by Gasteiger charge is -2.18. The topological polar surface area (TPSA) is 49.4 Å². The van der Waals surface area contributed by atoms with E-state index in [1.165, 1.54) is 0 Å².